The van der Waals surface area contributed by atoms with E-state index in [-0.39, 0.29) is 6.10 Å². The van der Waals surface area contributed by atoms with Gasteiger partial charge in [0.25, 0.3) is 0 Å². The van der Waals surface area contributed by atoms with Gasteiger partial charge >= 0.3 is 0 Å². The van der Waals surface area contributed by atoms with Gasteiger partial charge in [0.15, 0.2) is 0 Å². The fraction of sp³-hybridized carbons (Fsp3) is 0.250. The standard InChI is InChI=1S/C16H16BrClO2/c1-3-20-13-7-4-11(5-8-13)16(19-2)14-10-12(17)6-9-15(14)18/h4-10,16H,3H2,1-2H3. The highest BCUT2D eigenvalue weighted by atomic mass is 79.9. The number of benzene rings is 2. The molecule has 0 saturated heterocycles. The molecule has 2 rings (SSSR count). The summed E-state index contributed by atoms with van der Waals surface area (Å²) in [7, 11) is 1.68. The quantitative estimate of drug-likeness (QED) is 0.730. The second-order valence-electron chi connectivity index (χ2n) is 4.28. The Kier molecular flexibility index (Phi) is 5.46. The topological polar surface area (TPSA) is 18.5 Å². The van der Waals surface area contributed by atoms with Crippen LogP contribution in [0.25, 0.3) is 0 Å². The first-order valence-corrected chi connectivity index (χ1v) is 7.53. The zero-order valence-corrected chi connectivity index (χ0v) is 13.7. The molecule has 0 aliphatic rings. The Hall–Kier alpha value is -1.03. The van der Waals surface area contributed by atoms with Crippen LogP contribution in [0.1, 0.15) is 24.2 Å². The number of hydrogen-bond acceptors (Lipinski definition) is 2. The molecule has 2 nitrogen and oxygen atoms in total. The Morgan fingerprint density at radius 3 is 2.45 bits per heavy atom. The maximum absolute atomic E-state index is 6.28. The highest BCUT2D eigenvalue weighted by Crippen LogP contribution is 2.33. The van der Waals surface area contributed by atoms with Crippen molar-refractivity contribution in [1.29, 1.82) is 0 Å². The molecule has 0 saturated carbocycles. The summed E-state index contributed by atoms with van der Waals surface area (Å²) in [6.07, 6.45) is -0.198. The van der Waals surface area contributed by atoms with Crippen molar-refractivity contribution in [3.8, 4) is 5.75 Å². The number of hydrogen-bond donors (Lipinski definition) is 0. The molecule has 106 valence electrons. The monoisotopic (exact) mass is 354 g/mol. The molecule has 2 aromatic rings. The predicted octanol–water partition coefficient (Wildman–Crippen LogP) is 5.24. The Balaban J connectivity index is 2.34. The second kappa shape index (κ2) is 7.11. The molecule has 20 heavy (non-hydrogen) atoms. The first-order valence-electron chi connectivity index (χ1n) is 6.36. The molecule has 0 bridgehead atoms. The van der Waals surface area contributed by atoms with E-state index < -0.39 is 0 Å². The summed E-state index contributed by atoms with van der Waals surface area (Å²) >= 11 is 9.74. The Labute approximate surface area is 132 Å². The van der Waals surface area contributed by atoms with Crippen molar-refractivity contribution < 1.29 is 9.47 Å². The summed E-state index contributed by atoms with van der Waals surface area (Å²) in [5.74, 6) is 0.853. The highest BCUT2D eigenvalue weighted by molar-refractivity contribution is 9.10. The van der Waals surface area contributed by atoms with Gasteiger partial charge in [0.1, 0.15) is 11.9 Å². The molecule has 4 heteroatoms. The maximum Gasteiger partial charge on any atom is 0.119 e. The van der Waals surface area contributed by atoms with E-state index in [9.17, 15) is 0 Å². The molecular weight excluding hydrogens is 340 g/mol. The lowest BCUT2D eigenvalue weighted by Crippen LogP contribution is -2.04. The van der Waals surface area contributed by atoms with Gasteiger partial charge in [-0.15, -0.1) is 0 Å². The molecule has 0 aliphatic heterocycles. The first kappa shape index (κ1) is 15.4. The molecule has 0 N–H and O–H groups in total. The lowest BCUT2D eigenvalue weighted by Gasteiger charge is -2.18. The summed E-state index contributed by atoms with van der Waals surface area (Å²) in [5.41, 5.74) is 1.98. The Morgan fingerprint density at radius 2 is 1.85 bits per heavy atom. The third-order valence-electron chi connectivity index (χ3n) is 2.97. The number of ether oxygens (including phenoxy) is 2. The Bertz CT molecular complexity index is 569. The van der Waals surface area contributed by atoms with Crippen molar-refractivity contribution in [2.75, 3.05) is 13.7 Å². The van der Waals surface area contributed by atoms with E-state index in [2.05, 4.69) is 15.9 Å². The van der Waals surface area contributed by atoms with Crippen LogP contribution in [0.4, 0.5) is 0 Å². The van der Waals surface area contributed by atoms with Gasteiger partial charge in [-0.25, -0.2) is 0 Å². The van der Waals surface area contributed by atoms with Crippen LogP contribution < -0.4 is 4.74 Å². The molecule has 0 spiro atoms. The van der Waals surface area contributed by atoms with E-state index in [0.717, 1.165) is 21.3 Å². The fourth-order valence-electron chi connectivity index (χ4n) is 2.06. The van der Waals surface area contributed by atoms with Crippen molar-refractivity contribution in [3.63, 3.8) is 0 Å². The van der Waals surface area contributed by atoms with E-state index in [4.69, 9.17) is 21.1 Å². The van der Waals surface area contributed by atoms with Gasteiger partial charge in [-0.3, -0.25) is 0 Å². The van der Waals surface area contributed by atoms with Gasteiger partial charge in [0.05, 0.1) is 6.61 Å². The third kappa shape index (κ3) is 3.54. The van der Waals surface area contributed by atoms with Crippen LogP contribution >= 0.6 is 27.5 Å². The van der Waals surface area contributed by atoms with Crippen molar-refractivity contribution in [2.24, 2.45) is 0 Å². The molecule has 0 aliphatic carbocycles. The fourth-order valence-corrected chi connectivity index (χ4v) is 2.66. The third-order valence-corrected chi connectivity index (χ3v) is 3.81. The van der Waals surface area contributed by atoms with Gasteiger partial charge in [-0.2, -0.15) is 0 Å². The minimum absolute atomic E-state index is 0.198. The highest BCUT2D eigenvalue weighted by Gasteiger charge is 2.17. The Morgan fingerprint density at radius 1 is 1.15 bits per heavy atom. The van der Waals surface area contributed by atoms with Crippen LogP contribution in [0.3, 0.4) is 0 Å². The average Bonchev–Trinajstić information content (AvgIpc) is 2.45. The predicted molar refractivity (Wildman–Crippen MR) is 85.6 cm³/mol. The summed E-state index contributed by atoms with van der Waals surface area (Å²) in [6.45, 7) is 2.62. The van der Waals surface area contributed by atoms with Crippen LogP contribution in [0.5, 0.6) is 5.75 Å². The SMILES string of the molecule is CCOc1ccc(C(OC)c2cc(Br)ccc2Cl)cc1. The van der Waals surface area contributed by atoms with Crippen molar-refractivity contribution >= 4 is 27.5 Å². The van der Waals surface area contributed by atoms with Crippen molar-refractivity contribution in [1.82, 2.24) is 0 Å². The molecular formula is C16H16BrClO2. The van der Waals surface area contributed by atoms with Crippen molar-refractivity contribution in [3.05, 3.63) is 63.1 Å². The maximum atomic E-state index is 6.28. The van der Waals surface area contributed by atoms with Crippen molar-refractivity contribution in [2.45, 2.75) is 13.0 Å². The number of methoxy groups -OCH3 is 1. The van der Waals surface area contributed by atoms with Gasteiger partial charge in [-0.1, -0.05) is 39.7 Å². The first-order chi connectivity index (χ1) is 9.65. The normalized spacial score (nSPS) is 12.2. The molecule has 0 heterocycles. The second-order valence-corrected chi connectivity index (χ2v) is 5.61. The van der Waals surface area contributed by atoms with E-state index in [1.54, 1.807) is 7.11 Å². The zero-order chi connectivity index (χ0) is 14.5. The average molecular weight is 356 g/mol. The number of halogens is 2. The van der Waals surface area contributed by atoms with Crippen LogP contribution in [-0.4, -0.2) is 13.7 Å². The lowest BCUT2D eigenvalue weighted by molar-refractivity contribution is 0.136. The molecule has 1 atom stereocenters. The molecule has 0 amide bonds. The number of rotatable bonds is 5. The molecule has 2 aromatic carbocycles. The van der Waals surface area contributed by atoms with Crippen LogP contribution in [0.2, 0.25) is 5.02 Å². The minimum Gasteiger partial charge on any atom is -0.494 e. The van der Waals surface area contributed by atoms with E-state index >= 15 is 0 Å². The summed E-state index contributed by atoms with van der Waals surface area (Å²) in [5, 5.41) is 0.689. The molecule has 0 radical (unpaired) electrons. The van der Waals surface area contributed by atoms with E-state index in [1.807, 2.05) is 49.4 Å². The summed E-state index contributed by atoms with van der Waals surface area (Å²) in [6, 6.07) is 13.6. The molecule has 0 aromatic heterocycles. The lowest BCUT2D eigenvalue weighted by atomic mass is 10.0. The zero-order valence-electron chi connectivity index (χ0n) is 11.4. The summed E-state index contributed by atoms with van der Waals surface area (Å²) < 4.78 is 12.0. The van der Waals surface area contributed by atoms with Crippen LogP contribution in [0, 0.1) is 0 Å². The minimum atomic E-state index is -0.198. The van der Waals surface area contributed by atoms with E-state index in [0.29, 0.717) is 11.6 Å². The van der Waals surface area contributed by atoms with Crippen LogP contribution in [0.15, 0.2) is 46.9 Å². The van der Waals surface area contributed by atoms with Crippen LogP contribution in [-0.2, 0) is 4.74 Å². The van der Waals surface area contributed by atoms with Gasteiger partial charge < -0.3 is 9.47 Å². The molecule has 1 unspecified atom stereocenters. The van der Waals surface area contributed by atoms with Gasteiger partial charge in [0.2, 0.25) is 0 Å². The van der Waals surface area contributed by atoms with Gasteiger partial charge in [0, 0.05) is 22.2 Å². The largest absolute Gasteiger partial charge is 0.494 e. The smallest absolute Gasteiger partial charge is 0.119 e. The van der Waals surface area contributed by atoms with E-state index in [1.165, 1.54) is 0 Å². The summed E-state index contributed by atoms with van der Waals surface area (Å²) in [4.78, 5) is 0. The molecule has 0 fully saturated rings. The van der Waals surface area contributed by atoms with Gasteiger partial charge in [-0.05, 0) is 42.8 Å².